The monoisotopic (exact) mass is 503 g/mol. The van der Waals surface area contributed by atoms with Gasteiger partial charge in [0.1, 0.15) is 18.1 Å². The zero-order valence-corrected chi connectivity index (χ0v) is 20.2. The lowest BCUT2D eigenvalue weighted by Crippen LogP contribution is -2.59. The average Bonchev–Trinajstić information content (AvgIpc) is 3.48. The van der Waals surface area contributed by atoms with Crippen molar-refractivity contribution < 1.29 is 34.5 Å². The number of carbonyl (C=O) groups is 4. The summed E-state index contributed by atoms with van der Waals surface area (Å²) in [4.78, 5) is 55.0. The Labute approximate surface area is 207 Å². The second-order valence-corrected chi connectivity index (χ2v) is 9.15. The molecule has 1 aliphatic rings. The van der Waals surface area contributed by atoms with Gasteiger partial charge in [-0.1, -0.05) is 18.2 Å². The molecule has 3 amide bonds. The van der Waals surface area contributed by atoms with Gasteiger partial charge in [0.2, 0.25) is 17.7 Å². The molecular weight excluding hydrogens is 470 g/mol. The number of rotatable bonds is 10. The number of hydrogen-bond donors (Lipinski definition) is 7. The maximum Gasteiger partial charge on any atom is 0.328 e. The van der Waals surface area contributed by atoms with Crippen molar-refractivity contribution in [1.29, 1.82) is 0 Å². The van der Waals surface area contributed by atoms with E-state index in [0.717, 1.165) is 16.5 Å². The van der Waals surface area contributed by atoms with Gasteiger partial charge in [-0.15, -0.1) is 0 Å². The van der Waals surface area contributed by atoms with E-state index in [1.54, 1.807) is 6.20 Å². The number of amides is 3. The summed E-state index contributed by atoms with van der Waals surface area (Å²) in [6.07, 6.45) is 0.139. The molecule has 0 saturated carbocycles. The number of aromatic amines is 1. The van der Waals surface area contributed by atoms with Gasteiger partial charge in [0.25, 0.3) is 0 Å². The highest BCUT2D eigenvalue weighted by molar-refractivity contribution is 5.95. The molecule has 36 heavy (non-hydrogen) atoms. The molecule has 0 bridgehead atoms. The fourth-order valence-corrected chi connectivity index (χ4v) is 4.35. The molecule has 8 N–H and O–H groups in total. The Hall–Kier alpha value is -3.48. The van der Waals surface area contributed by atoms with Crippen LogP contribution in [-0.2, 0) is 25.6 Å². The molecule has 12 heteroatoms. The van der Waals surface area contributed by atoms with Crippen LogP contribution in [0.3, 0.4) is 0 Å². The van der Waals surface area contributed by atoms with Crippen LogP contribution in [0.4, 0.5) is 0 Å². The lowest BCUT2D eigenvalue weighted by Gasteiger charge is -2.30. The first-order valence-corrected chi connectivity index (χ1v) is 11.8. The molecule has 1 aliphatic heterocycles. The summed E-state index contributed by atoms with van der Waals surface area (Å²) in [5, 5.41) is 34.5. The van der Waals surface area contributed by atoms with Crippen molar-refractivity contribution in [3.05, 3.63) is 36.0 Å². The topological polar surface area (TPSA) is 198 Å². The Balaban J connectivity index is 1.85. The zero-order chi connectivity index (χ0) is 26.6. The lowest BCUT2D eigenvalue weighted by molar-refractivity contribution is -0.147. The Kier molecular flexibility index (Phi) is 8.66. The molecule has 1 fully saturated rings. The summed E-state index contributed by atoms with van der Waals surface area (Å²) in [5.74, 6) is -3.35. The molecular formula is C24H33N5O7. The highest BCUT2D eigenvalue weighted by atomic mass is 16.4. The predicted octanol–water partition coefficient (Wildman–Crippen LogP) is -1.16. The van der Waals surface area contributed by atoms with E-state index in [0.29, 0.717) is 12.8 Å². The largest absolute Gasteiger partial charge is 0.480 e. The highest BCUT2D eigenvalue weighted by Gasteiger charge is 2.40. The van der Waals surface area contributed by atoms with Crippen LogP contribution in [0.1, 0.15) is 32.3 Å². The second-order valence-electron chi connectivity index (χ2n) is 9.15. The van der Waals surface area contributed by atoms with Crippen LogP contribution in [0.5, 0.6) is 0 Å². The number of para-hydroxylation sites is 1. The van der Waals surface area contributed by atoms with Gasteiger partial charge >= 0.3 is 5.97 Å². The number of aliphatic hydroxyl groups excluding tert-OH is 2. The average molecular weight is 504 g/mol. The Morgan fingerprint density at radius 3 is 2.47 bits per heavy atom. The van der Waals surface area contributed by atoms with E-state index in [-0.39, 0.29) is 13.0 Å². The molecule has 6 atom stereocenters. The maximum atomic E-state index is 13.7. The summed E-state index contributed by atoms with van der Waals surface area (Å²) in [5.41, 5.74) is 7.38. The fraction of sp³-hybridized carbons (Fsp3) is 0.500. The summed E-state index contributed by atoms with van der Waals surface area (Å²) >= 11 is 0. The Morgan fingerprint density at radius 1 is 1.14 bits per heavy atom. The van der Waals surface area contributed by atoms with Gasteiger partial charge in [0, 0.05) is 30.1 Å². The smallest absolute Gasteiger partial charge is 0.328 e. The molecule has 0 aliphatic carbocycles. The minimum atomic E-state index is -1.53. The van der Waals surface area contributed by atoms with Gasteiger partial charge in [-0.3, -0.25) is 14.4 Å². The molecule has 0 radical (unpaired) electrons. The van der Waals surface area contributed by atoms with Gasteiger partial charge in [0.15, 0.2) is 6.04 Å². The Morgan fingerprint density at radius 2 is 1.83 bits per heavy atom. The van der Waals surface area contributed by atoms with E-state index >= 15 is 0 Å². The summed E-state index contributed by atoms with van der Waals surface area (Å²) < 4.78 is 0. The van der Waals surface area contributed by atoms with Gasteiger partial charge in [0.05, 0.1) is 12.2 Å². The van der Waals surface area contributed by atoms with Crippen molar-refractivity contribution in [2.75, 3.05) is 6.54 Å². The summed E-state index contributed by atoms with van der Waals surface area (Å²) in [6, 6.07) is 2.61. The first kappa shape index (κ1) is 27.1. The predicted molar refractivity (Wildman–Crippen MR) is 130 cm³/mol. The van der Waals surface area contributed by atoms with Gasteiger partial charge in [-0.25, -0.2) is 4.79 Å². The summed E-state index contributed by atoms with van der Waals surface area (Å²) in [7, 11) is 0. The number of fused-ring (bicyclic) bond motifs is 1. The first-order valence-electron chi connectivity index (χ1n) is 11.8. The van der Waals surface area contributed by atoms with Gasteiger partial charge in [-0.05, 0) is 38.3 Å². The number of aromatic nitrogens is 1. The number of aliphatic carboxylic acids is 1. The van der Waals surface area contributed by atoms with E-state index < -0.39 is 60.1 Å². The van der Waals surface area contributed by atoms with Crippen LogP contribution < -0.4 is 16.4 Å². The van der Waals surface area contributed by atoms with Crippen LogP contribution in [0.25, 0.3) is 10.9 Å². The minimum absolute atomic E-state index is 0.0946. The molecule has 1 aromatic carbocycles. The quantitative estimate of drug-likeness (QED) is 0.211. The third-order valence-electron chi connectivity index (χ3n) is 6.42. The highest BCUT2D eigenvalue weighted by Crippen LogP contribution is 2.23. The van der Waals surface area contributed by atoms with Crippen LogP contribution >= 0.6 is 0 Å². The number of nitrogens with two attached hydrogens (primary N) is 1. The maximum absolute atomic E-state index is 13.7. The second kappa shape index (κ2) is 11.5. The first-order chi connectivity index (χ1) is 17.0. The number of carboxylic acids is 1. The standard InChI is InChI=1S/C24H33N5O7/c1-12(30)19(25)22(33)27-17(10-14-11-26-16-7-4-3-6-15(14)16)23(34)29-9-5-8-18(29)21(32)28-20(13(2)31)24(35)36/h3-4,6-7,11-13,17-20,26,30-31H,5,8-10,25H2,1-2H3,(H,27,33)(H,28,32)(H,35,36). The number of benzene rings is 1. The number of carbonyl (C=O) groups excluding carboxylic acids is 3. The van der Waals surface area contributed by atoms with Gasteiger partial charge < -0.3 is 41.6 Å². The number of nitrogens with zero attached hydrogens (tertiary/aromatic N) is 1. The van der Waals surface area contributed by atoms with E-state index in [2.05, 4.69) is 15.6 Å². The molecule has 3 rings (SSSR count). The third kappa shape index (κ3) is 6.01. The van der Waals surface area contributed by atoms with Crippen molar-refractivity contribution in [2.24, 2.45) is 5.73 Å². The van der Waals surface area contributed by atoms with E-state index in [4.69, 9.17) is 5.73 Å². The fourth-order valence-electron chi connectivity index (χ4n) is 4.35. The lowest BCUT2D eigenvalue weighted by atomic mass is 10.0. The van der Waals surface area contributed by atoms with Crippen LogP contribution in [0, 0.1) is 0 Å². The van der Waals surface area contributed by atoms with Crippen LogP contribution in [0.2, 0.25) is 0 Å². The molecule has 0 spiro atoms. The van der Waals surface area contributed by atoms with Crippen LogP contribution in [-0.4, -0.2) is 91.8 Å². The number of hydrogen-bond acceptors (Lipinski definition) is 7. The van der Waals surface area contributed by atoms with Crippen molar-refractivity contribution in [3.63, 3.8) is 0 Å². The molecule has 2 heterocycles. The molecule has 1 aromatic heterocycles. The number of carboxylic acid groups (broad SMARTS) is 1. The molecule has 2 aromatic rings. The zero-order valence-electron chi connectivity index (χ0n) is 20.2. The van der Waals surface area contributed by atoms with Gasteiger partial charge in [-0.2, -0.15) is 0 Å². The van der Waals surface area contributed by atoms with Crippen molar-refractivity contribution in [2.45, 2.75) is 69.5 Å². The molecule has 196 valence electrons. The van der Waals surface area contributed by atoms with E-state index in [1.807, 2.05) is 24.3 Å². The molecule has 6 unspecified atom stereocenters. The normalized spacial score (nSPS) is 19.8. The van der Waals surface area contributed by atoms with Crippen LogP contribution in [0.15, 0.2) is 30.5 Å². The third-order valence-corrected chi connectivity index (χ3v) is 6.42. The van der Waals surface area contributed by atoms with E-state index in [9.17, 15) is 34.5 Å². The number of H-pyrrole nitrogens is 1. The number of nitrogens with one attached hydrogen (secondary N) is 3. The number of likely N-dealkylation sites (tertiary alicyclic amines) is 1. The van der Waals surface area contributed by atoms with Crippen molar-refractivity contribution in [1.82, 2.24) is 20.5 Å². The molecule has 12 nitrogen and oxygen atoms in total. The van der Waals surface area contributed by atoms with Crippen molar-refractivity contribution >= 4 is 34.6 Å². The Bertz CT molecular complexity index is 1120. The SMILES string of the molecule is CC(O)C(N)C(=O)NC(Cc1c[nH]c2ccccc12)C(=O)N1CCCC1C(=O)NC(C(=O)O)C(C)O. The molecule has 1 saturated heterocycles. The van der Waals surface area contributed by atoms with Crippen molar-refractivity contribution in [3.8, 4) is 0 Å². The number of aliphatic hydroxyl groups is 2. The summed E-state index contributed by atoms with van der Waals surface area (Å²) in [6.45, 7) is 2.84. The minimum Gasteiger partial charge on any atom is -0.480 e. The van der Waals surface area contributed by atoms with E-state index in [1.165, 1.54) is 18.7 Å².